The number of ether oxygens (including phenoxy) is 2. The average Bonchev–Trinajstić information content (AvgIpc) is 3.37. The molecule has 1 amide bonds. The zero-order valence-electron chi connectivity index (χ0n) is 16.1. The molecular formula is C19H23N5O4S. The molecule has 4 N–H and O–H groups in total. The van der Waals surface area contributed by atoms with Crippen molar-refractivity contribution >= 4 is 21.5 Å². The summed E-state index contributed by atoms with van der Waals surface area (Å²) in [5.41, 5.74) is 3.94. The van der Waals surface area contributed by atoms with Gasteiger partial charge in [0.05, 0.1) is 18.9 Å². The van der Waals surface area contributed by atoms with Gasteiger partial charge >= 0.3 is 0 Å². The third kappa shape index (κ3) is 2.89. The molecule has 0 bridgehead atoms. The van der Waals surface area contributed by atoms with E-state index in [9.17, 15) is 9.00 Å². The number of aromatic nitrogens is 2. The molecule has 1 unspecified atom stereocenters. The molecular weight excluding hydrogens is 394 g/mol. The molecule has 154 valence electrons. The highest BCUT2D eigenvalue weighted by molar-refractivity contribution is 7.90. The molecule has 0 saturated heterocycles. The van der Waals surface area contributed by atoms with E-state index in [1.807, 2.05) is 0 Å². The van der Waals surface area contributed by atoms with Gasteiger partial charge in [-0.25, -0.2) is 18.8 Å². The molecule has 0 saturated carbocycles. The SMILES string of the molecule is C[C@@H]1COc2cc3c(c(NC(=O)c4nn5c(c4S(=N)(N)=O)OCCC5)c21)CCC3. The second kappa shape index (κ2) is 6.46. The van der Waals surface area contributed by atoms with Crippen LogP contribution < -0.4 is 19.9 Å². The van der Waals surface area contributed by atoms with Crippen molar-refractivity contribution in [3.8, 4) is 11.6 Å². The molecule has 2 atom stereocenters. The number of benzene rings is 1. The monoisotopic (exact) mass is 417 g/mol. The van der Waals surface area contributed by atoms with Gasteiger partial charge in [0.15, 0.2) is 10.6 Å². The number of hydrogen-bond acceptors (Lipinski definition) is 6. The van der Waals surface area contributed by atoms with Crippen molar-refractivity contribution < 1.29 is 18.5 Å². The van der Waals surface area contributed by atoms with Crippen molar-refractivity contribution in [2.24, 2.45) is 5.14 Å². The van der Waals surface area contributed by atoms with E-state index in [0.29, 0.717) is 26.2 Å². The zero-order valence-corrected chi connectivity index (χ0v) is 16.9. The highest BCUT2D eigenvalue weighted by Crippen LogP contribution is 2.45. The summed E-state index contributed by atoms with van der Waals surface area (Å²) in [4.78, 5) is 13.1. The van der Waals surface area contributed by atoms with Crippen molar-refractivity contribution in [2.75, 3.05) is 18.5 Å². The average molecular weight is 417 g/mol. The number of nitrogens with two attached hydrogens (primary N) is 1. The smallest absolute Gasteiger partial charge is 0.277 e. The fourth-order valence-corrected chi connectivity index (χ4v) is 5.33. The van der Waals surface area contributed by atoms with Gasteiger partial charge in [-0.05, 0) is 36.5 Å². The largest absolute Gasteiger partial charge is 0.493 e. The number of hydrogen-bond donors (Lipinski definition) is 3. The van der Waals surface area contributed by atoms with Crippen molar-refractivity contribution in [3.05, 3.63) is 28.5 Å². The maximum Gasteiger partial charge on any atom is 0.277 e. The summed E-state index contributed by atoms with van der Waals surface area (Å²) < 4.78 is 33.2. The minimum Gasteiger partial charge on any atom is -0.493 e. The molecule has 0 fully saturated rings. The molecule has 0 radical (unpaired) electrons. The van der Waals surface area contributed by atoms with E-state index in [0.717, 1.165) is 41.8 Å². The van der Waals surface area contributed by atoms with Crippen LogP contribution in [0.4, 0.5) is 5.69 Å². The summed E-state index contributed by atoms with van der Waals surface area (Å²) in [6, 6.07) is 2.09. The Labute approximate surface area is 168 Å². The van der Waals surface area contributed by atoms with Gasteiger partial charge in [0.25, 0.3) is 5.91 Å². The highest BCUT2D eigenvalue weighted by atomic mass is 32.2. The molecule has 0 spiro atoms. The standard InChI is InChI=1S/C19H23N5O4S/c1-10-9-28-13-8-11-4-2-5-12(11)15(14(10)13)22-18(25)16-17(29(20,21)26)19-24(23-16)6-3-7-27-19/h8,10H,2-7,9H2,1H3,(H,22,25)(H3,20,21,26)/t10-/m1/s1. The van der Waals surface area contributed by atoms with Crippen LogP contribution in [0.5, 0.6) is 11.6 Å². The van der Waals surface area contributed by atoms with Crippen molar-refractivity contribution in [2.45, 2.75) is 50.0 Å². The van der Waals surface area contributed by atoms with E-state index in [-0.39, 0.29) is 22.4 Å². The molecule has 3 aliphatic rings. The van der Waals surface area contributed by atoms with Crippen LogP contribution in [0.25, 0.3) is 0 Å². The van der Waals surface area contributed by atoms with Gasteiger partial charge in [-0.1, -0.05) is 6.92 Å². The summed E-state index contributed by atoms with van der Waals surface area (Å²) in [5, 5.41) is 12.9. The Bertz CT molecular complexity index is 1140. The first-order valence-corrected chi connectivity index (χ1v) is 11.4. The van der Waals surface area contributed by atoms with Crippen LogP contribution in [-0.4, -0.2) is 33.1 Å². The second-order valence-electron chi connectivity index (χ2n) is 7.83. The Kier molecular flexibility index (Phi) is 4.11. The van der Waals surface area contributed by atoms with Crippen molar-refractivity contribution in [1.29, 1.82) is 4.78 Å². The molecule has 2 aromatic rings. The number of rotatable bonds is 3. The van der Waals surface area contributed by atoms with Crippen molar-refractivity contribution in [1.82, 2.24) is 9.78 Å². The van der Waals surface area contributed by atoms with Gasteiger partial charge in [-0.2, -0.15) is 5.10 Å². The van der Waals surface area contributed by atoms with Crippen LogP contribution in [0.15, 0.2) is 11.0 Å². The lowest BCUT2D eigenvalue weighted by molar-refractivity contribution is 0.101. The molecule has 1 aromatic heterocycles. The number of amides is 1. The third-order valence-electron chi connectivity index (χ3n) is 5.76. The summed E-state index contributed by atoms with van der Waals surface area (Å²) in [6.45, 7) is 3.56. The second-order valence-corrected chi connectivity index (χ2v) is 9.44. The lowest BCUT2D eigenvalue weighted by Gasteiger charge is -2.16. The Hall–Kier alpha value is -2.59. The van der Waals surface area contributed by atoms with Gasteiger partial charge < -0.3 is 14.8 Å². The number of aryl methyl sites for hydroxylation is 2. The van der Waals surface area contributed by atoms with E-state index in [1.165, 1.54) is 10.2 Å². The van der Waals surface area contributed by atoms with Crippen molar-refractivity contribution in [3.63, 3.8) is 0 Å². The quantitative estimate of drug-likeness (QED) is 0.704. The van der Waals surface area contributed by atoms with E-state index in [1.54, 1.807) is 0 Å². The molecule has 1 aromatic carbocycles. The highest BCUT2D eigenvalue weighted by Gasteiger charge is 2.34. The number of fused-ring (bicyclic) bond motifs is 3. The van der Waals surface area contributed by atoms with Gasteiger partial charge in [0.2, 0.25) is 5.88 Å². The fourth-order valence-electron chi connectivity index (χ4n) is 4.48. The lowest BCUT2D eigenvalue weighted by Crippen LogP contribution is -2.21. The van der Waals surface area contributed by atoms with Gasteiger partial charge in [0.1, 0.15) is 15.7 Å². The Morgan fingerprint density at radius 3 is 3.00 bits per heavy atom. The number of nitrogens with one attached hydrogen (secondary N) is 2. The van der Waals surface area contributed by atoms with Crippen LogP contribution in [-0.2, 0) is 29.3 Å². The Morgan fingerprint density at radius 1 is 1.38 bits per heavy atom. The molecule has 5 rings (SSSR count). The Balaban J connectivity index is 1.61. The van der Waals surface area contributed by atoms with E-state index >= 15 is 0 Å². The van der Waals surface area contributed by atoms with Crippen LogP contribution >= 0.6 is 0 Å². The molecule has 2 aliphatic heterocycles. The first kappa shape index (κ1) is 18.4. The van der Waals surface area contributed by atoms with E-state index < -0.39 is 15.8 Å². The lowest BCUT2D eigenvalue weighted by atomic mass is 9.95. The molecule has 1 aliphatic carbocycles. The normalized spacial score (nSPS) is 21.4. The summed E-state index contributed by atoms with van der Waals surface area (Å²) >= 11 is 0. The van der Waals surface area contributed by atoms with E-state index in [2.05, 4.69) is 23.4 Å². The number of carbonyl (C=O) groups is 1. The zero-order chi connectivity index (χ0) is 20.3. The molecule has 3 heterocycles. The maximum absolute atomic E-state index is 13.3. The first-order valence-electron chi connectivity index (χ1n) is 9.77. The molecule has 29 heavy (non-hydrogen) atoms. The first-order chi connectivity index (χ1) is 13.8. The van der Waals surface area contributed by atoms with Gasteiger partial charge in [-0.15, -0.1) is 0 Å². The minimum atomic E-state index is -3.70. The predicted octanol–water partition coefficient (Wildman–Crippen LogP) is 2.18. The van der Waals surface area contributed by atoms with Crippen LogP contribution in [0.1, 0.15) is 52.9 Å². The van der Waals surface area contributed by atoms with Gasteiger partial charge in [0, 0.05) is 24.4 Å². The number of carbonyl (C=O) groups excluding carboxylic acids is 1. The molecule has 9 nitrogen and oxygen atoms in total. The van der Waals surface area contributed by atoms with Crippen LogP contribution in [0, 0.1) is 4.78 Å². The number of nitrogens with zero attached hydrogens (tertiary/aromatic N) is 2. The third-order valence-corrected chi connectivity index (χ3v) is 6.73. The summed E-state index contributed by atoms with van der Waals surface area (Å²) in [7, 11) is -3.70. The topological polar surface area (TPSA) is 132 Å². The molecule has 10 heteroatoms. The minimum absolute atomic E-state index is 0.111. The summed E-state index contributed by atoms with van der Waals surface area (Å²) in [6.07, 6.45) is 3.57. The van der Waals surface area contributed by atoms with E-state index in [4.69, 9.17) is 19.4 Å². The Morgan fingerprint density at radius 2 is 2.21 bits per heavy atom. The maximum atomic E-state index is 13.3. The van der Waals surface area contributed by atoms with Gasteiger partial charge in [-0.3, -0.25) is 4.79 Å². The van der Waals surface area contributed by atoms with Crippen LogP contribution in [0.3, 0.4) is 0 Å². The fraction of sp³-hybridized carbons (Fsp3) is 0.474. The number of anilines is 1. The predicted molar refractivity (Wildman–Crippen MR) is 106 cm³/mol. The van der Waals surface area contributed by atoms with Crippen LogP contribution in [0.2, 0.25) is 0 Å². The summed E-state index contributed by atoms with van der Waals surface area (Å²) in [5.74, 6) is 0.588.